The molecule has 2 aromatic carbocycles. The van der Waals surface area contributed by atoms with Crippen molar-refractivity contribution >= 4 is 44.6 Å². The number of rotatable bonds is 7. The summed E-state index contributed by atoms with van der Waals surface area (Å²) in [5.41, 5.74) is 1.56. The van der Waals surface area contributed by atoms with Gasteiger partial charge in [-0.25, -0.2) is 32.9 Å². The summed E-state index contributed by atoms with van der Waals surface area (Å²) in [5.74, 6) is -1.34. The molecule has 0 aliphatic heterocycles. The third kappa shape index (κ3) is 5.13. The van der Waals surface area contributed by atoms with Gasteiger partial charge in [-0.05, 0) is 55.5 Å². The maximum atomic E-state index is 12.4. The van der Waals surface area contributed by atoms with Gasteiger partial charge in [0.1, 0.15) is 5.52 Å². The van der Waals surface area contributed by atoms with Crippen LogP contribution in [-0.4, -0.2) is 41.4 Å². The third-order valence-corrected chi connectivity index (χ3v) is 5.79. The van der Waals surface area contributed by atoms with E-state index in [0.29, 0.717) is 16.8 Å². The Bertz CT molecular complexity index is 1400. The average molecular weight is 467 g/mol. The van der Waals surface area contributed by atoms with Gasteiger partial charge in [-0.3, -0.25) is 4.79 Å². The second kappa shape index (κ2) is 9.04. The van der Waals surface area contributed by atoms with E-state index in [-0.39, 0.29) is 16.4 Å². The molecule has 2 heterocycles. The van der Waals surface area contributed by atoms with Crippen molar-refractivity contribution in [1.82, 2.24) is 15.0 Å². The summed E-state index contributed by atoms with van der Waals surface area (Å²) in [7, 11) is -3.90. The monoisotopic (exact) mass is 467 g/mol. The van der Waals surface area contributed by atoms with Crippen molar-refractivity contribution in [2.24, 2.45) is 0 Å². The molecule has 0 bridgehead atoms. The number of fused-ring (bicyclic) bond motifs is 1. The zero-order chi connectivity index (χ0) is 23.4. The predicted molar refractivity (Wildman–Crippen MR) is 117 cm³/mol. The van der Waals surface area contributed by atoms with E-state index in [9.17, 15) is 18.0 Å². The Morgan fingerprint density at radius 2 is 1.76 bits per heavy atom. The summed E-state index contributed by atoms with van der Waals surface area (Å²) in [4.78, 5) is 36.3. The van der Waals surface area contributed by atoms with Crippen molar-refractivity contribution in [3.05, 3.63) is 72.9 Å². The van der Waals surface area contributed by atoms with Crippen molar-refractivity contribution in [2.45, 2.75) is 17.9 Å². The Morgan fingerprint density at radius 1 is 1.03 bits per heavy atom. The molecule has 0 spiro atoms. The van der Waals surface area contributed by atoms with Gasteiger partial charge in [0.05, 0.1) is 10.5 Å². The Labute approximate surface area is 187 Å². The van der Waals surface area contributed by atoms with Gasteiger partial charge in [0.25, 0.3) is 15.9 Å². The summed E-state index contributed by atoms with van der Waals surface area (Å²) >= 11 is 0. The summed E-state index contributed by atoms with van der Waals surface area (Å²) in [6.07, 6.45) is 2.97. The lowest BCUT2D eigenvalue weighted by Crippen LogP contribution is -2.30. The fraction of sp³-hybridized carbons (Fsp3) is 0.0952. The summed E-state index contributed by atoms with van der Waals surface area (Å²) in [6, 6.07) is 11.6. The van der Waals surface area contributed by atoms with Crippen LogP contribution < -0.4 is 10.0 Å². The maximum absolute atomic E-state index is 12.4. The summed E-state index contributed by atoms with van der Waals surface area (Å²) in [5, 5.41) is 2.57. The molecular formula is C21H17N5O6S. The Balaban J connectivity index is 1.37. The number of aromatic nitrogens is 3. The van der Waals surface area contributed by atoms with Gasteiger partial charge < -0.3 is 14.5 Å². The molecule has 1 unspecified atom stereocenters. The normalized spacial score (nSPS) is 12.2. The Hall–Kier alpha value is -4.32. The van der Waals surface area contributed by atoms with Crippen LogP contribution >= 0.6 is 0 Å². The summed E-state index contributed by atoms with van der Waals surface area (Å²) < 4.78 is 37.4. The van der Waals surface area contributed by atoms with Crippen LogP contribution in [0, 0.1) is 0 Å². The zero-order valence-corrected chi connectivity index (χ0v) is 17.9. The second-order valence-corrected chi connectivity index (χ2v) is 8.46. The van der Waals surface area contributed by atoms with Crippen LogP contribution in [-0.2, 0) is 19.6 Å². The highest BCUT2D eigenvalue weighted by molar-refractivity contribution is 7.92. The van der Waals surface area contributed by atoms with Crippen LogP contribution in [0.2, 0.25) is 0 Å². The number of oxazole rings is 1. The standard InChI is InChI=1S/C21H17N5O6S/c1-13(32-20(28)14-3-8-18-17(11-14)24-12-31-18)19(27)25-15-4-6-16(7-5-15)33(29,30)26-21-22-9-2-10-23-21/h2-13H,1H3,(H,25,27)(H,22,23,26). The maximum Gasteiger partial charge on any atom is 0.338 e. The molecule has 11 nitrogen and oxygen atoms in total. The van der Waals surface area contributed by atoms with Crippen LogP contribution in [0.1, 0.15) is 17.3 Å². The molecule has 4 aromatic rings. The summed E-state index contributed by atoms with van der Waals surface area (Å²) in [6.45, 7) is 1.42. The molecule has 0 aliphatic rings. The fourth-order valence-electron chi connectivity index (χ4n) is 2.76. The molecule has 12 heteroatoms. The van der Waals surface area contributed by atoms with E-state index in [2.05, 4.69) is 25.0 Å². The van der Waals surface area contributed by atoms with E-state index in [1.807, 2.05) is 0 Å². The Kier molecular flexibility index (Phi) is 6.00. The molecule has 0 aliphatic carbocycles. The van der Waals surface area contributed by atoms with Gasteiger partial charge in [0.15, 0.2) is 18.1 Å². The number of ether oxygens (including phenoxy) is 1. The van der Waals surface area contributed by atoms with Gasteiger partial charge >= 0.3 is 5.97 Å². The van der Waals surface area contributed by atoms with E-state index in [4.69, 9.17) is 9.15 Å². The molecule has 0 saturated heterocycles. The van der Waals surface area contributed by atoms with Crippen LogP contribution in [0.4, 0.5) is 11.6 Å². The molecule has 0 fully saturated rings. The van der Waals surface area contributed by atoms with E-state index in [1.165, 1.54) is 62.1 Å². The minimum Gasteiger partial charge on any atom is -0.449 e. The van der Waals surface area contributed by atoms with Crippen molar-refractivity contribution < 1.29 is 27.2 Å². The van der Waals surface area contributed by atoms with E-state index in [0.717, 1.165) is 0 Å². The number of hydrogen-bond donors (Lipinski definition) is 2. The van der Waals surface area contributed by atoms with Crippen molar-refractivity contribution in [1.29, 1.82) is 0 Å². The highest BCUT2D eigenvalue weighted by atomic mass is 32.2. The van der Waals surface area contributed by atoms with Gasteiger partial charge in [-0.15, -0.1) is 0 Å². The number of anilines is 2. The van der Waals surface area contributed by atoms with Crippen LogP contribution in [0.15, 0.2) is 76.6 Å². The molecule has 168 valence electrons. The first-order valence-electron chi connectivity index (χ1n) is 9.57. The van der Waals surface area contributed by atoms with E-state index >= 15 is 0 Å². The molecule has 0 saturated carbocycles. The predicted octanol–water partition coefficient (Wildman–Crippen LogP) is 2.60. The molecule has 2 N–H and O–H groups in total. The lowest BCUT2D eigenvalue weighted by atomic mass is 10.2. The number of nitrogens with zero attached hydrogens (tertiary/aromatic N) is 3. The molecule has 33 heavy (non-hydrogen) atoms. The number of amides is 1. The van der Waals surface area contributed by atoms with E-state index in [1.54, 1.807) is 12.1 Å². The lowest BCUT2D eigenvalue weighted by Gasteiger charge is -2.14. The molecule has 0 radical (unpaired) electrons. The molecule has 1 amide bonds. The largest absolute Gasteiger partial charge is 0.449 e. The number of sulfonamides is 1. The van der Waals surface area contributed by atoms with Crippen LogP contribution in [0.5, 0.6) is 0 Å². The number of nitrogens with one attached hydrogen (secondary N) is 2. The number of hydrogen-bond acceptors (Lipinski definition) is 9. The molecule has 1 atom stereocenters. The van der Waals surface area contributed by atoms with Crippen LogP contribution in [0.25, 0.3) is 11.1 Å². The third-order valence-electron chi connectivity index (χ3n) is 4.44. The van der Waals surface area contributed by atoms with E-state index < -0.39 is 28.0 Å². The van der Waals surface area contributed by atoms with Crippen molar-refractivity contribution in [2.75, 3.05) is 10.0 Å². The van der Waals surface area contributed by atoms with Gasteiger partial charge in [-0.1, -0.05) is 0 Å². The fourth-order valence-corrected chi connectivity index (χ4v) is 3.72. The Morgan fingerprint density at radius 3 is 2.48 bits per heavy atom. The quantitative estimate of drug-likeness (QED) is 0.390. The highest BCUT2D eigenvalue weighted by Gasteiger charge is 2.20. The molecule has 4 rings (SSSR count). The minimum absolute atomic E-state index is 0.0457. The number of carbonyl (C=O) groups is 2. The number of esters is 1. The average Bonchev–Trinajstić information content (AvgIpc) is 3.27. The first-order valence-corrected chi connectivity index (χ1v) is 11.1. The number of carbonyl (C=O) groups excluding carboxylic acids is 2. The smallest absolute Gasteiger partial charge is 0.338 e. The lowest BCUT2D eigenvalue weighted by molar-refractivity contribution is -0.123. The topological polar surface area (TPSA) is 153 Å². The second-order valence-electron chi connectivity index (χ2n) is 6.77. The molecular weight excluding hydrogens is 450 g/mol. The van der Waals surface area contributed by atoms with Gasteiger partial charge in [0.2, 0.25) is 5.95 Å². The first kappa shape index (κ1) is 21.9. The molecule has 2 aromatic heterocycles. The van der Waals surface area contributed by atoms with Crippen molar-refractivity contribution in [3.63, 3.8) is 0 Å². The SMILES string of the molecule is CC(OC(=O)c1ccc2ocnc2c1)C(=O)Nc1ccc(S(=O)(=O)Nc2ncccn2)cc1. The minimum atomic E-state index is -3.90. The van der Waals surface area contributed by atoms with Gasteiger partial charge in [-0.2, -0.15) is 0 Å². The zero-order valence-electron chi connectivity index (χ0n) is 17.1. The highest BCUT2D eigenvalue weighted by Crippen LogP contribution is 2.18. The van der Waals surface area contributed by atoms with Gasteiger partial charge in [0, 0.05) is 18.1 Å². The first-order chi connectivity index (χ1) is 15.8. The number of benzene rings is 2. The van der Waals surface area contributed by atoms with Crippen LogP contribution in [0.3, 0.4) is 0 Å². The van der Waals surface area contributed by atoms with Crippen molar-refractivity contribution in [3.8, 4) is 0 Å².